The smallest absolute Gasteiger partial charge is 0.293 e. The Morgan fingerprint density at radius 1 is 1.27 bits per heavy atom. The molecular formula is C21H17N5O3S. The predicted octanol–water partition coefficient (Wildman–Crippen LogP) is 3.50. The second-order valence-corrected chi connectivity index (χ2v) is 7.61. The van der Waals surface area contributed by atoms with Crippen LogP contribution in [0.4, 0.5) is 11.4 Å². The number of hydrogen-bond acceptors (Lipinski definition) is 7. The molecule has 0 atom stereocenters. The fourth-order valence-corrected chi connectivity index (χ4v) is 4.02. The molecule has 9 heteroatoms. The van der Waals surface area contributed by atoms with Crippen LogP contribution in [0.3, 0.4) is 0 Å². The summed E-state index contributed by atoms with van der Waals surface area (Å²) in [6.45, 7) is 1.25. The van der Waals surface area contributed by atoms with Crippen LogP contribution in [0, 0.1) is 21.4 Å². The summed E-state index contributed by atoms with van der Waals surface area (Å²) < 4.78 is 0. The van der Waals surface area contributed by atoms with Crippen LogP contribution in [0.5, 0.6) is 0 Å². The molecule has 0 saturated carbocycles. The third-order valence-electron chi connectivity index (χ3n) is 5.12. The Kier molecular flexibility index (Phi) is 5.25. The van der Waals surface area contributed by atoms with Crippen molar-refractivity contribution in [1.29, 1.82) is 5.26 Å². The molecule has 1 aliphatic heterocycles. The lowest BCUT2D eigenvalue weighted by Crippen LogP contribution is -2.30. The third kappa shape index (κ3) is 3.53. The Morgan fingerprint density at radius 2 is 2.03 bits per heavy atom. The third-order valence-corrected chi connectivity index (χ3v) is 5.70. The molecule has 3 aromatic rings. The van der Waals surface area contributed by atoms with Gasteiger partial charge in [0.2, 0.25) is 0 Å². The number of nitrogens with zero attached hydrogens (tertiary/aromatic N) is 4. The zero-order chi connectivity index (χ0) is 21.3. The van der Waals surface area contributed by atoms with E-state index in [1.54, 1.807) is 18.4 Å². The molecule has 1 N–H and O–H groups in total. The summed E-state index contributed by atoms with van der Waals surface area (Å²) in [5.74, 6) is 0. The van der Waals surface area contributed by atoms with Gasteiger partial charge >= 0.3 is 0 Å². The van der Waals surface area contributed by atoms with Gasteiger partial charge < -0.3 is 9.88 Å². The summed E-state index contributed by atoms with van der Waals surface area (Å²) in [6.07, 6.45) is 2.55. The quantitative estimate of drug-likeness (QED) is 0.298. The number of nitriles is 1. The van der Waals surface area contributed by atoms with Crippen LogP contribution in [0.15, 0.2) is 52.4 Å². The molecule has 0 amide bonds. The Morgan fingerprint density at radius 3 is 2.73 bits per heavy atom. The molecule has 0 bridgehead atoms. The normalized spacial score (nSPS) is 12.9. The van der Waals surface area contributed by atoms with Gasteiger partial charge in [-0.05, 0) is 29.9 Å². The van der Waals surface area contributed by atoms with Gasteiger partial charge in [0, 0.05) is 24.7 Å². The van der Waals surface area contributed by atoms with Crippen LogP contribution in [0.1, 0.15) is 16.7 Å². The lowest BCUT2D eigenvalue weighted by Gasteiger charge is -2.30. The number of aromatic nitrogens is 2. The van der Waals surface area contributed by atoms with Gasteiger partial charge in [0.05, 0.1) is 10.6 Å². The summed E-state index contributed by atoms with van der Waals surface area (Å²) in [4.78, 5) is 32.4. The number of thioether (sulfide) groups is 1. The number of benzene rings is 2. The molecule has 0 spiro atoms. The highest BCUT2D eigenvalue weighted by atomic mass is 32.2. The monoisotopic (exact) mass is 419 g/mol. The van der Waals surface area contributed by atoms with E-state index < -0.39 is 10.5 Å². The Labute approximate surface area is 176 Å². The highest BCUT2D eigenvalue weighted by molar-refractivity contribution is 7.98. The zero-order valence-corrected chi connectivity index (χ0v) is 16.9. The van der Waals surface area contributed by atoms with Gasteiger partial charge in [-0.15, -0.1) is 0 Å². The molecule has 30 heavy (non-hydrogen) atoms. The molecule has 1 aromatic heterocycles. The van der Waals surface area contributed by atoms with E-state index in [0.29, 0.717) is 29.5 Å². The van der Waals surface area contributed by atoms with E-state index in [0.717, 1.165) is 12.0 Å². The molecule has 4 rings (SSSR count). The minimum Gasteiger partial charge on any atom is -0.361 e. The number of H-pyrrole nitrogens is 1. The number of rotatable bonds is 4. The second-order valence-electron chi connectivity index (χ2n) is 6.81. The standard InChI is InChI=1S/C21H17N5O3S/c1-30-21-23-19(16(11-22)20(27)24-21)14-6-7-17(18(10-14)26(28)29)25-9-8-13-4-2-3-5-15(13)12-25/h2-7,10H,8-9,12H2,1H3,(H,23,24,27). The van der Waals surface area contributed by atoms with E-state index in [1.165, 1.54) is 23.4 Å². The number of nitrogens with one attached hydrogen (secondary N) is 1. The van der Waals surface area contributed by atoms with E-state index in [4.69, 9.17) is 0 Å². The molecule has 2 heterocycles. The first kappa shape index (κ1) is 19.7. The average Bonchev–Trinajstić information content (AvgIpc) is 2.77. The summed E-state index contributed by atoms with van der Waals surface area (Å²) >= 11 is 1.22. The van der Waals surface area contributed by atoms with Crippen molar-refractivity contribution < 1.29 is 4.92 Å². The number of fused-ring (bicyclic) bond motifs is 1. The molecule has 0 saturated heterocycles. The van der Waals surface area contributed by atoms with Crippen molar-refractivity contribution in [2.75, 3.05) is 17.7 Å². The van der Waals surface area contributed by atoms with Crippen LogP contribution in [-0.2, 0) is 13.0 Å². The number of aromatic amines is 1. The van der Waals surface area contributed by atoms with Gasteiger partial charge in [0.15, 0.2) is 5.16 Å². The lowest BCUT2D eigenvalue weighted by molar-refractivity contribution is -0.384. The molecule has 150 valence electrons. The Balaban J connectivity index is 1.80. The first-order valence-electron chi connectivity index (χ1n) is 9.20. The van der Waals surface area contributed by atoms with E-state index >= 15 is 0 Å². The number of nitro groups is 1. The van der Waals surface area contributed by atoms with Gasteiger partial charge in [-0.25, -0.2) is 4.98 Å². The zero-order valence-electron chi connectivity index (χ0n) is 16.1. The molecule has 8 nitrogen and oxygen atoms in total. The highest BCUT2D eigenvalue weighted by Gasteiger charge is 2.25. The van der Waals surface area contributed by atoms with Crippen molar-refractivity contribution in [2.45, 2.75) is 18.1 Å². The van der Waals surface area contributed by atoms with E-state index in [1.807, 2.05) is 29.2 Å². The van der Waals surface area contributed by atoms with Crippen LogP contribution >= 0.6 is 11.8 Å². The molecule has 1 aliphatic rings. The van der Waals surface area contributed by atoms with E-state index in [-0.39, 0.29) is 16.9 Å². The average molecular weight is 419 g/mol. The molecule has 0 unspecified atom stereocenters. The second kappa shape index (κ2) is 8.00. The fraction of sp³-hybridized carbons (Fsp3) is 0.190. The fourth-order valence-electron chi connectivity index (χ4n) is 3.65. The first-order chi connectivity index (χ1) is 14.5. The number of nitro benzene ring substituents is 1. The molecule has 2 aromatic carbocycles. The van der Waals surface area contributed by atoms with Gasteiger partial charge in [0.25, 0.3) is 11.2 Å². The van der Waals surface area contributed by atoms with Crippen LogP contribution in [0.2, 0.25) is 0 Å². The molecule has 0 fully saturated rings. The van der Waals surface area contributed by atoms with Gasteiger partial charge in [0.1, 0.15) is 17.3 Å². The Hall–Kier alpha value is -3.64. The van der Waals surface area contributed by atoms with Crippen molar-refractivity contribution >= 4 is 23.1 Å². The summed E-state index contributed by atoms with van der Waals surface area (Å²) in [5, 5.41) is 21.6. The van der Waals surface area contributed by atoms with Gasteiger partial charge in [-0.2, -0.15) is 5.26 Å². The maximum absolute atomic E-state index is 12.2. The summed E-state index contributed by atoms with van der Waals surface area (Å²) in [5.41, 5.74) is 2.60. The number of anilines is 1. The first-order valence-corrected chi connectivity index (χ1v) is 10.4. The van der Waals surface area contributed by atoms with Gasteiger partial charge in [-0.1, -0.05) is 42.1 Å². The molecule has 0 radical (unpaired) electrons. The van der Waals surface area contributed by atoms with E-state index in [9.17, 15) is 20.2 Å². The number of hydrogen-bond donors (Lipinski definition) is 1. The van der Waals surface area contributed by atoms with E-state index in [2.05, 4.69) is 16.0 Å². The summed E-state index contributed by atoms with van der Waals surface area (Å²) in [6, 6.07) is 14.7. The van der Waals surface area contributed by atoms with Crippen molar-refractivity contribution in [3.05, 3.63) is 79.6 Å². The molecule has 0 aliphatic carbocycles. The topological polar surface area (TPSA) is 116 Å². The SMILES string of the molecule is CSc1nc(-c2ccc(N3CCc4ccccc4C3)c([N+](=O)[O-])c2)c(C#N)c(=O)[nH]1. The minimum absolute atomic E-state index is 0.0800. The van der Waals surface area contributed by atoms with Gasteiger partial charge in [-0.3, -0.25) is 14.9 Å². The largest absolute Gasteiger partial charge is 0.361 e. The van der Waals surface area contributed by atoms with Crippen molar-refractivity contribution in [3.63, 3.8) is 0 Å². The van der Waals surface area contributed by atoms with Crippen molar-refractivity contribution in [3.8, 4) is 17.3 Å². The van der Waals surface area contributed by atoms with Crippen molar-refractivity contribution in [1.82, 2.24) is 9.97 Å². The maximum Gasteiger partial charge on any atom is 0.293 e. The van der Waals surface area contributed by atoms with Crippen molar-refractivity contribution in [2.24, 2.45) is 0 Å². The predicted molar refractivity (Wildman–Crippen MR) is 115 cm³/mol. The highest BCUT2D eigenvalue weighted by Crippen LogP contribution is 2.35. The minimum atomic E-state index is -0.564. The maximum atomic E-state index is 12.2. The van der Waals surface area contributed by atoms with Crippen LogP contribution < -0.4 is 10.5 Å². The molecular weight excluding hydrogens is 402 g/mol. The van der Waals surface area contributed by atoms with Crippen LogP contribution in [-0.4, -0.2) is 27.7 Å². The van der Waals surface area contributed by atoms with Crippen LogP contribution in [0.25, 0.3) is 11.3 Å². The lowest BCUT2D eigenvalue weighted by atomic mass is 9.98. The summed E-state index contributed by atoms with van der Waals surface area (Å²) in [7, 11) is 0. The Bertz CT molecular complexity index is 1250.